The fourth-order valence-electron chi connectivity index (χ4n) is 2.84. The summed E-state index contributed by atoms with van der Waals surface area (Å²) >= 11 is 0. The van der Waals surface area contributed by atoms with Gasteiger partial charge >= 0.3 is 0 Å². The highest BCUT2D eigenvalue weighted by Gasteiger charge is 2.26. The standard InChI is InChI=1S/C16H23NO/c1-12-6-5-7-14(10-12)11-17-16(18)13(2)15-8-3-4-9-15/h5-7,10,13,15H,3-4,8-9,11H2,1-2H3,(H,17,18). The third-order valence-electron chi connectivity index (χ3n) is 4.07. The van der Waals surface area contributed by atoms with Crippen LogP contribution < -0.4 is 5.32 Å². The molecule has 2 heteroatoms. The Labute approximate surface area is 110 Å². The Kier molecular flexibility index (Phi) is 4.40. The molecular weight excluding hydrogens is 222 g/mol. The second-order valence-corrected chi connectivity index (χ2v) is 5.54. The Morgan fingerprint density at radius 1 is 1.39 bits per heavy atom. The fourth-order valence-corrected chi connectivity index (χ4v) is 2.84. The quantitative estimate of drug-likeness (QED) is 0.865. The lowest BCUT2D eigenvalue weighted by Crippen LogP contribution is -2.32. The number of amides is 1. The van der Waals surface area contributed by atoms with Gasteiger partial charge in [-0.25, -0.2) is 0 Å². The molecule has 18 heavy (non-hydrogen) atoms. The highest BCUT2D eigenvalue weighted by molar-refractivity contribution is 5.78. The minimum absolute atomic E-state index is 0.164. The first-order valence-electron chi connectivity index (χ1n) is 7.00. The Hall–Kier alpha value is -1.31. The first-order chi connectivity index (χ1) is 8.66. The van der Waals surface area contributed by atoms with Gasteiger partial charge in [0.25, 0.3) is 0 Å². The summed E-state index contributed by atoms with van der Waals surface area (Å²) in [6.45, 7) is 4.80. The zero-order valence-corrected chi connectivity index (χ0v) is 11.4. The predicted octanol–water partition coefficient (Wildman–Crippen LogP) is 3.44. The molecule has 0 aliphatic heterocycles. The average molecular weight is 245 g/mol. The summed E-state index contributed by atoms with van der Waals surface area (Å²) < 4.78 is 0. The van der Waals surface area contributed by atoms with E-state index < -0.39 is 0 Å². The number of aryl methyl sites for hydroxylation is 1. The molecule has 2 nitrogen and oxygen atoms in total. The zero-order chi connectivity index (χ0) is 13.0. The van der Waals surface area contributed by atoms with Gasteiger partial charge in [0.2, 0.25) is 5.91 Å². The third kappa shape index (κ3) is 3.34. The second kappa shape index (κ2) is 6.03. The van der Waals surface area contributed by atoms with Crippen LogP contribution in [0, 0.1) is 18.8 Å². The lowest BCUT2D eigenvalue weighted by atomic mass is 9.92. The van der Waals surface area contributed by atoms with Crippen LogP contribution in [-0.2, 0) is 11.3 Å². The summed E-state index contributed by atoms with van der Waals surface area (Å²) in [6.07, 6.45) is 5.03. The van der Waals surface area contributed by atoms with Crippen LogP contribution in [0.15, 0.2) is 24.3 Å². The number of hydrogen-bond acceptors (Lipinski definition) is 1. The van der Waals surface area contributed by atoms with Gasteiger partial charge in [-0.2, -0.15) is 0 Å². The van der Waals surface area contributed by atoms with Crippen molar-refractivity contribution in [3.05, 3.63) is 35.4 Å². The van der Waals surface area contributed by atoms with Crippen molar-refractivity contribution in [1.82, 2.24) is 5.32 Å². The SMILES string of the molecule is Cc1cccc(CNC(=O)C(C)C2CCCC2)c1. The molecule has 1 amide bonds. The molecule has 1 aliphatic rings. The monoisotopic (exact) mass is 245 g/mol. The van der Waals surface area contributed by atoms with Crippen molar-refractivity contribution in [2.45, 2.75) is 46.1 Å². The molecule has 1 unspecified atom stereocenters. The van der Waals surface area contributed by atoms with Crippen LogP contribution in [0.4, 0.5) is 0 Å². The molecule has 2 rings (SSSR count). The number of nitrogens with one attached hydrogen (secondary N) is 1. The molecule has 1 saturated carbocycles. The topological polar surface area (TPSA) is 29.1 Å². The maximum absolute atomic E-state index is 12.1. The molecular formula is C16H23NO. The predicted molar refractivity (Wildman–Crippen MR) is 74.1 cm³/mol. The molecule has 1 aliphatic carbocycles. The van der Waals surface area contributed by atoms with Crippen LogP contribution in [0.5, 0.6) is 0 Å². The van der Waals surface area contributed by atoms with E-state index in [1.165, 1.54) is 36.8 Å². The second-order valence-electron chi connectivity index (χ2n) is 5.54. The van der Waals surface area contributed by atoms with E-state index in [4.69, 9.17) is 0 Å². The molecule has 98 valence electrons. The lowest BCUT2D eigenvalue weighted by Gasteiger charge is -2.18. The van der Waals surface area contributed by atoms with Gasteiger partial charge in [0.1, 0.15) is 0 Å². The highest BCUT2D eigenvalue weighted by atomic mass is 16.1. The van der Waals surface area contributed by atoms with E-state index in [0.717, 1.165) is 0 Å². The van der Waals surface area contributed by atoms with Crippen molar-refractivity contribution in [3.8, 4) is 0 Å². The molecule has 1 N–H and O–H groups in total. The minimum Gasteiger partial charge on any atom is -0.352 e. The fraction of sp³-hybridized carbons (Fsp3) is 0.562. The van der Waals surface area contributed by atoms with Crippen molar-refractivity contribution in [2.75, 3.05) is 0 Å². The number of rotatable bonds is 4. The minimum atomic E-state index is 0.164. The molecule has 0 aromatic heterocycles. The van der Waals surface area contributed by atoms with Crippen LogP contribution in [-0.4, -0.2) is 5.91 Å². The number of hydrogen-bond donors (Lipinski definition) is 1. The maximum Gasteiger partial charge on any atom is 0.223 e. The van der Waals surface area contributed by atoms with Crippen molar-refractivity contribution < 1.29 is 4.79 Å². The molecule has 0 heterocycles. The summed E-state index contributed by atoms with van der Waals surface area (Å²) in [5.41, 5.74) is 2.42. The molecule has 0 spiro atoms. The van der Waals surface area contributed by atoms with Crippen LogP contribution in [0.1, 0.15) is 43.7 Å². The van der Waals surface area contributed by atoms with E-state index in [-0.39, 0.29) is 11.8 Å². The number of benzene rings is 1. The third-order valence-corrected chi connectivity index (χ3v) is 4.07. The summed E-state index contributed by atoms with van der Waals surface area (Å²) in [6, 6.07) is 8.30. The first-order valence-corrected chi connectivity index (χ1v) is 7.00. The van der Waals surface area contributed by atoms with E-state index in [9.17, 15) is 4.79 Å². The van der Waals surface area contributed by atoms with Gasteiger partial charge in [-0.1, -0.05) is 49.6 Å². The molecule has 0 saturated heterocycles. The highest BCUT2D eigenvalue weighted by Crippen LogP contribution is 2.31. The Balaban J connectivity index is 1.84. The van der Waals surface area contributed by atoms with Gasteiger partial charge in [-0.3, -0.25) is 4.79 Å². The molecule has 1 fully saturated rings. The van der Waals surface area contributed by atoms with Gasteiger partial charge < -0.3 is 5.32 Å². The van der Waals surface area contributed by atoms with E-state index in [2.05, 4.69) is 37.4 Å². The Morgan fingerprint density at radius 3 is 2.78 bits per heavy atom. The largest absolute Gasteiger partial charge is 0.352 e. The molecule has 1 aromatic rings. The van der Waals surface area contributed by atoms with E-state index in [1.807, 2.05) is 6.07 Å². The normalized spacial score (nSPS) is 17.7. The van der Waals surface area contributed by atoms with Gasteiger partial charge in [-0.05, 0) is 31.2 Å². The smallest absolute Gasteiger partial charge is 0.223 e. The summed E-state index contributed by atoms with van der Waals surface area (Å²) in [7, 11) is 0. The molecule has 1 atom stereocenters. The molecule has 0 radical (unpaired) electrons. The van der Waals surface area contributed by atoms with Gasteiger partial charge in [0, 0.05) is 12.5 Å². The summed E-state index contributed by atoms with van der Waals surface area (Å²) in [4.78, 5) is 12.1. The van der Waals surface area contributed by atoms with Crippen molar-refractivity contribution in [1.29, 1.82) is 0 Å². The Morgan fingerprint density at radius 2 is 2.11 bits per heavy atom. The number of carbonyl (C=O) groups is 1. The summed E-state index contributed by atoms with van der Waals surface area (Å²) in [5, 5.41) is 3.06. The zero-order valence-electron chi connectivity index (χ0n) is 11.4. The van der Waals surface area contributed by atoms with Gasteiger partial charge in [0.05, 0.1) is 0 Å². The Bertz CT molecular complexity index is 407. The van der Waals surface area contributed by atoms with Crippen LogP contribution >= 0.6 is 0 Å². The van der Waals surface area contributed by atoms with Crippen LogP contribution in [0.3, 0.4) is 0 Å². The van der Waals surface area contributed by atoms with Crippen molar-refractivity contribution >= 4 is 5.91 Å². The van der Waals surface area contributed by atoms with E-state index in [1.54, 1.807) is 0 Å². The summed E-state index contributed by atoms with van der Waals surface area (Å²) in [5.74, 6) is 0.975. The first kappa shape index (κ1) is 13.1. The maximum atomic E-state index is 12.1. The van der Waals surface area contributed by atoms with Gasteiger partial charge in [-0.15, -0.1) is 0 Å². The van der Waals surface area contributed by atoms with Crippen molar-refractivity contribution in [3.63, 3.8) is 0 Å². The molecule has 1 aromatic carbocycles. The number of carbonyl (C=O) groups excluding carboxylic acids is 1. The van der Waals surface area contributed by atoms with Crippen LogP contribution in [0.2, 0.25) is 0 Å². The van der Waals surface area contributed by atoms with Crippen LogP contribution in [0.25, 0.3) is 0 Å². The van der Waals surface area contributed by atoms with E-state index >= 15 is 0 Å². The van der Waals surface area contributed by atoms with Crippen molar-refractivity contribution in [2.24, 2.45) is 11.8 Å². The molecule has 0 bridgehead atoms. The lowest BCUT2D eigenvalue weighted by molar-refractivity contribution is -0.126. The van der Waals surface area contributed by atoms with Gasteiger partial charge in [0.15, 0.2) is 0 Å². The van der Waals surface area contributed by atoms with E-state index in [0.29, 0.717) is 12.5 Å². The average Bonchev–Trinajstić information content (AvgIpc) is 2.89.